The highest BCUT2D eigenvalue weighted by atomic mass is 19.1. The maximum atomic E-state index is 14.4. The van der Waals surface area contributed by atoms with Crippen LogP contribution in [0.25, 0.3) is 0 Å². The Bertz CT molecular complexity index is 961. The van der Waals surface area contributed by atoms with Gasteiger partial charge < -0.3 is 14.3 Å². The molecule has 0 aliphatic carbocycles. The quantitative estimate of drug-likeness (QED) is 0.783. The standard InChI is InChI=1S/C19H18FN5O3/c1-12-11-14(23-28-12)18(27)24-7-9-25(10-8-24)19-21-16(15(20)17(26)22-19)13-5-3-2-4-6-13/h2-6,11,15H,7-10H2,1H3. The number of halogens is 1. The predicted octanol–water partition coefficient (Wildman–Crippen LogP) is 1.46. The topological polar surface area (TPSA) is 91.4 Å². The zero-order valence-electron chi connectivity index (χ0n) is 15.2. The lowest BCUT2D eigenvalue weighted by Gasteiger charge is -2.35. The minimum Gasteiger partial charge on any atom is -0.361 e. The molecule has 0 saturated carbocycles. The molecule has 1 unspecified atom stereocenters. The zero-order chi connectivity index (χ0) is 19.7. The summed E-state index contributed by atoms with van der Waals surface area (Å²) in [6, 6.07) is 10.3. The van der Waals surface area contributed by atoms with E-state index in [9.17, 15) is 14.0 Å². The van der Waals surface area contributed by atoms with Crippen LogP contribution < -0.4 is 0 Å². The van der Waals surface area contributed by atoms with Crippen LogP contribution in [-0.2, 0) is 4.79 Å². The first-order valence-electron chi connectivity index (χ1n) is 8.91. The Morgan fingerprint density at radius 2 is 1.86 bits per heavy atom. The van der Waals surface area contributed by atoms with Crippen LogP contribution in [0.5, 0.6) is 0 Å². The molecule has 9 heteroatoms. The number of hydrogen-bond donors (Lipinski definition) is 0. The van der Waals surface area contributed by atoms with Crippen LogP contribution in [0.1, 0.15) is 21.8 Å². The van der Waals surface area contributed by atoms with Crippen LogP contribution in [0, 0.1) is 6.92 Å². The SMILES string of the molecule is Cc1cc(C(=O)N2CCN(C3=NC(=O)C(F)C(c4ccccc4)=N3)CC2)no1. The number of aryl methyl sites for hydroxylation is 1. The van der Waals surface area contributed by atoms with E-state index in [0.717, 1.165) is 0 Å². The van der Waals surface area contributed by atoms with E-state index in [4.69, 9.17) is 4.52 Å². The van der Waals surface area contributed by atoms with Crippen LogP contribution in [0.15, 0.2) is 50.9 Å². The Hall–Kier alpha value is -3.36. The van der Waals surface area contributed by atoms with Gasteiger partial charge in [0.25, 0.3) is 11.8 Å². The third kappa shape index (κ3) is 3.42. The van der Waals surface area contributed by atoms with Gasteiger partial charge in [0, 0.05) is 32.2 Å². The van der Waals surface area contributed by atoms with Gasteiger partial charge in [-0.25, -0.2) is 9.38 Å². The van der Waals surface area contributed by atoms with E-state index in [1.165, 1.54) is 0 Å². The normalized spacial score (nSPS) is 20.1. The van der Waals surface area contributed by atoms with Gasteiger partial charge in [0.2, 0.25) is 12.1 Å². The third-order valence-electron chi connectivity index (χ3n) is 4.65. The number of hydrogen-bond acceptors (Lipinski definition) is 6. The maximum absolute atomic E-state index is 14.4. The second kappa shape index (κ2) is 7.34. The number of aromatic nitrogens is 1. The molecule has 8 nitrogen and oxygen atoms in total. The van der Waals surface area contributed by atoms with Crippen molar-refractivity contribution in [1.82, 2.24) is 15.0 Å². The average molecular weight is 383 g/mol. The minimum atomic E-state index is -1.87. The Morgan fingerprint density at radius 3 is 2.50 bits per heavy atom. The summed E-state index contributed by atoms with van der Waals surface area (Å²) in [4.78, 5) is 36.0. The maximum Gasteiger partial charge on any atom is 0.289 e. The molecule has 1 fully saturated rings. The molecule has 1 atom stereocenters. The summed E-state index contributed by atoms with van der Waals surface area (Å²) < 4.78 is 19.3. The number of guanidine groups is 1. The molecule has 2 aliphatic rings. The number of nitrogens with zero attached hydrogens (tertiary/aromatic N) is 5. The van der Waals surface area contributed by atoms with Gasteiger partial charge in [-0.05, 0) is 12.5 Å². The first-order valence-corrected chi connectivity index (χ1v) is 8.91. The van der Waals surface area contributed by atoms with Crippen LogP contribution in [0.3, 0.4) is 0 Å². The second-order valence-electron chi connectivity index (χ2n) is 6.58. The first kappa shape index (κ1) is 18.0. The fraction of sp³-hybridized carbons (Fsp3) is 0.316. The number of benzene rings is 1. The van der Waals surface area contributed by atoms with Gasteiger partial charge in [0.05, 0.1) is 5.71 Å². The number of piperazine rings is 1. The monoisotopic (exact) mass is 383 g/mol. The lowest BCUT2D eigenvalue weighted by atomic mass is 10.0. The van der Waals surface area contributed by atoms with Crippen molar-refractivity contribution in [3.05, 3.63) is 53.4 Å². The Balaban J connectivity index is 1.48. The molecule has 4 rings (SSSR count). The zero-order valence-corrected chi connectivity index (χ0v) is 15.2. The molecule has 3 heterocycles. The Kier molecular flexibility index (Phi) is 4.72. The summed E-state index contributed by atoms with van der Waals surface area (Å²) in [5.41, 5.74) is 0.874. The highest BCUT2D eigenvalue weighted by Crippen LogP contribution is 2.17. The Labute approximate surface area is 160 Å². The van der Waals surface area contributed by atoms with Crippen molar-refractivity contribution in [3.63, 3.8) is 0 Å². The van der Waals surface area contributed by atoms with E-state index in [0.29, 0.717) is 37.5 Å². The van der Waals surface area contributed by atoms with Crippen LogP contribution in [0.4, 0.5) is 4.39 Å². The van der Waals surface area contributed by atoms with E-state index < -0.39 is 12.1 Å². The first-order chi connectivity index (χ1) is 13.5. The van der Waals surface area contributed by atoms with Crippen molar-refractivity contribution in [2.24, 2.45) is 9.98 Å². The second-order valence-corrected chi connectivity index (χ2v) is 6.58. The average Bonchev–Trinajstić information content (AvgIpc) is 3.16. The molecule has 0 radical (unpaired) electrons. The van der Waals surface area contributed by atoms with Crippen LogP contribution in [0.2, 0.25) is 0 Å². The van der Waals surface area contributed by atoms with E-state index in [1.54, 1.807) is 47.1 Å². The minimum absolute atomic E-state index is 0.0622. The Morgan fingerprint density at radius 1 is 1.14 bits per heavy atom. The summed E-state index contributed by atoms with van der Waals surface area (Å²) in [6.07, 6.45) is -1.87. The van der Waals surface area contributed by atoms with E-state index in [1.807, 2.05) is 6.07 Å². The van der Waals surface area contributed by atoms with Gasteiger partial charge >= 0.3 is 0 Å². The largest absolute Gasteiger partial charge is 0.361 e. The van der Waals surface area contributed by atoms with Crippen molar-refractivity contribution in [2.75, 3.05) is 26.2 Å². The molecule has 1 aromatic heterocycles. The number of carbonyl (C=O) groups excluding carboxylic acids is 2. The predicted molar refractivity (Wildman–Crippen MR) is 99.0 cm³/mol. The third-order valence-corrected chi connectivity index (χ3v) is 4.65. The fourth-order valence-corrected chi connectivity index (χ4v) is 3.16. The molecule has 0 N–H and O–H groups in total. The van der Waals surface area contributed by atoms with Crippen molar-refractivity contribution in [1.29, 1.82) is 0 Å². The molecular weight excluding hydrogens is 365 g/mol. The molecule has 0 spiro atoms. The van der Waals surface area contributed by atoms with E-state index in [-0.39, 0.29) is 23.3 Å². The molecule has 144 valence electrons. The van der Waals surface area contributed by atoms with Gasteiger partial charge in [-0.2, -0.15) is 4.99 Å². The molecular formula is C19H18FN5O3. The number of aliphatic imine (C=N–C) groups is 2. The van der Waals surface area contributed by atoms with Gasteiger partial charge in [0.1, 0.15) is 5.76 Å². The van der Waals surface area contributed by atoms with Crippen molar-refractivity contribution in [3.8, 4) is 0 Å². The summed E-state index contributed by atoms with van der Waals surface area (Å²) in [5.74, 6) is -0.321. The molecule has 0 bridgehead atoms. The summed E-state index contributed by atoms with van der Waals surface area (Å²) in [7, 11) is 0. The molecule has 1 aromatic carbocycles. The highest BCUT2D eigenvalue weighted by Gasteiger charge is 2.33. The number of alkyl halides is 1. The van der Waals surface area contributed by atoms with Gasteiger partial charge in [-0.3, -0.25) is 9.59 Å². The van der Waals surface area contributed by atoms with E-state index >= 15 is 0 Å². The molecule has 2 aromatic rings. The molecule has 2 amide bonds. The highest BCUT2D eigenvalue weighted by molar-refractivity contribution is 6.23. The van der Waals surface area contributed by atoms with Crippen molar-refractivity contribution >= 4 is 23.5 Å². The fourth-order valence-electron chi connectivity index (χ4n) is 3.16. The van der Waals surface area contributed by atoms with Crippen molar-refractivity contribution < 1.29 is 18.5 Å². The lowest BCUT2D eigenvalue weighted by Crippen LogP contribution is -2.51. The number of rotatable bonds is 2. The van der Waals surface area contributed by atoms with Crippen molar-refractivity contribution in [2.45, 2.75) is 13.1 Å². The van der Waals surface area contributed by atoms with Gasteiger partial charge in [-0.15, -0.1) is 0 Å². The summed E-state index contributed by atoms with van der Waals surface area (Å²) >= 11 is 0. The van der Waals surface area contributed by atoms with Crippen LogP contribution >= 0.6 is 0 Å². The van der Waals surface area contributed by atoms with Gasteiger partial charge in [0.15, 0.2) is 5.69 Å². The lowest BCUT2D eigenvalue weighted by molar-refractivity contribution is -0.120. The molecule has 2 aliphatic heterocycles. The van der Waals surface area contributed by atoms with Crippen LogP contribution in [-0.4, -0.2) is 70.8 Å². The number of carbonyl (C=O) groups is 2. The molecule has 28 heavy (non-hydrogen) atoms. The molecule has 1 saturated heterocycles. The number of amides is 2. The summed E-state index contributed by atoms with van der Waals surface area (Å²) in [6.45, 7) is 3.40. The van der Waals surface area contributed by atoms with Gasteiger partial charge in [-0.1, -0.05) is 35.5 Å². The summed E-state index contributed by atoms with van der Waals surface area (Å²) in [5, 5.41) is 3.75. The smallest absolute Gasteiger partial charge is 0.289 e. The van der Waals surface area contributed by atoms with E-state index in [2.05, 4.69) is 15.1 Å².